The largest absolute Gasteiger partial charge is 0.503 e. The summed E-state index contributed by atoms with van der Waals surface area (Å²) in [6.45, 7) is 1.27. The molecule has 1 aromatic carbocycles. The molecule has 2 N–H and O–H groups in total. The van der Waals surface area contributed by atoms with E-state index < -0.39 is 40.2 Å². The highest BCUT2D eigenvalue weighted by atomic mass is 19.1. The van der Waals surface area contributed by atoms with Gasteiger partial charge in [-0.1, -0.05) is 6.07 Å². The normalized spacial score (nSPS) is 16.6. The average Bonchev–Trinajstić information content (AvgIpc) is 2.95. The summed E-state index contributed by atoms with van der Waals surface area (Å²) in [6.07, 6.45) is 1.19. The van der Waals surface area contributed by atoms with Crippen LogP contribution in [0, 0.1) is 11.6 Å². The van der Waals surface area contributed by atoms with Crippen LogP contribution < -0.4 is 10.7 Å². The van der Waals surface area contributed by atoms with Gasteiger partial charge in [0.05, 0.1) is 26.4 Å². The Morgan fingerprint density at radius 2 is 1.97 bits per heavy atom. The van der Waals surface area contributed by atoms with Gasteiger partial charge in [-0.3, -0.25) is 19.4 Å². The molecule has 11 heteroatoms. The van der Waals surface area contributed by atoms with E-state index in [1.807, 2.05) is 0 Å². The number of hydrazine groups is 1. The molecule has 0 spiro atoms. The van der Waals surface area contributed by atoms with Gasteiger partial charge >= 0.3 is 0 Å². The summed E-state index contributed by atoms with van der Waals surface area (Å²) in [5, 5.41) is 15.8. The van der Waals surface area contributed by atoms with Crippen molar-refractivity contribution in [2.24, 2.45) is 0 Å². The summed E-state index contributed by atoms with van der Waals surface area (Å²) in [4.78, 5) is 37.8. The Morgan fingerprint density at radius 1 is 1.20 bits per heavy atom. The fourth-order valence-electron chi connectivity index (χ4n) is 3.44. The number of pyridine rings is 1. The van der Waals surface area contributed by atoms with Crippen molar-refractivity contribution >= 4 is 11.8 Å². The van der Waals surface area contributed by atoms with E-state index in [1.165, 1.54) is 21.8 Å². The van der Waals surface area contributed by atoms with Crippen LogP contribution in [0.2, 0.25) is 0 Å². The Kier molecular flexibility index (Phi) is 5.22. The number of amides is 2. The van der Waals surface area contributed by atoms with Crippen LogP contribution in [0.15, 0.2) is 29.2 Å². The molecule has 0 bridgehead atoms. The van der Waals surface area contributed by atoms with E-state index >= 15 is 0 Å². The molecular formula is C19H18F2N4O5. The van der Waals surface area contributed by atoms with Crippen LogP contribution >= 0.6 is 0 Å². The first-order chi connectivity index (χ1) is 14.4. The predicted molar refractivity (Wildman–Crippen MR) is 98.5 cm³/mol. The smallest absolute Gasteiger partial charge is 0.288 e. The van der Waals surface area contributed by atoms with Crippen LogP contribution in [0.3, 0.4) is 0 Å². The molecule has 2 amide bonds. The first kappa shape index (κ1) is 20.0. The monoisotopic (exact) mass is 420 g/mol. The molecule has 0 aliphatic carbocycles. The number of hydrogen-bond donors (Lipinski definition) is 2. The molecule has 0 radical (unpaired) electrons. The Morgan fingerprint density at radius 3 is 2.73 bits per heavy atom. The average molecular weight is 420 g/mol. The number of aromatic hydroxyl groups is 1. The molecule has 9 nitrogen and oxygen atoms in total. The van der Waals surface area contributed by atoms with E-state index in [0.717, 1.165) is 6.07 Å². The number of ether oxygens (including phenoxy) is 1. The van der Waals surface area contributed by atoms with E-state index in [2.05, 4.69) is 5.32 Å². The van der Waals surface area contributed by atoms with E-state index in [1.54, 1.807) is 5.01 Å². The molecular weight excluding hydrogens is 402 g/mol. The van der Waals surface area contributed by atoms with Crippen LogP contribution in [-0.2, 0) is 18.0 Å². The third kappa shape index (κ3) is 3.53. The second kappa shape index (κ2) is 7.84. The number of halogens is 2. The van der Waals surface area contributed by atoms with Gasteiger partial charge in [-0.25, -0.2) is 8.78 Å². The molecule has 4 rings (SSSR count). The SMILES string of the molecule is O=C(NCc1ccc(F)cc1F)c1cn2c(c(O)c1=O)C(=O)N1CCOCCN1C2. The second-order valence-corrected chi connectivity index (χ2v) is 6.87. The van der Waals surface area contributed by atoms with Crippen molar-refractivity contribution < 1.29 is 28.2 Å². The maximum absolute atomic E-state index is 13.8. The van der Waals surface area contributed by atoms with Crippen molar-refractivity contribution in [3.8, 4) is 5.75 Å². The molecule has 1 saturated heterocycles. The third-order valence-electron chi connectivity index (χ3n) is 4.99. The van der Waals surface area contributed by atoms with Gasteiger partial charge in [0.15, 0.2) is 11.4 Å². The molecule has 3 heterocycles. The lowest BCUT2D eigenvalue weighted by Gasteiger charge is -2.38. The van der Waals surface area contributed by atoms with Gasteiger partial charge in [0.2, 0.25) is 5.43 Å². The number of nitrogens with one attached hydrogen (secondary N) is 1. The third-order valence-corrected chi connectivity index (χ3v) is 4.99. The van der Waals surface area contributed by atoms with Gasteiger partial charge in [0, 0.05) is 30.9 Å². The van der Waals surface area contributed by atoms with Crippen LogP contribution in [0.4, 0.5) is 8.78 Å². The lowest BCUT2D eigenvalue weighted by Crippen LogP contribution is -2.53. The minimum absolute atomic E-state index is 0.0300. The zero-order valence-electron chi connectivity index (χ0n) is 15.7. The van der Waals surface area contributed by atoms with E-state index in [0.29, 0.717) is 25.8 Å². The fraction of sp³-hybridized carbons (Fsp3) is 0.316. The Labute approximate surface area is 169 Å². The zero-order valence-corrected chi connectivity index (χ0v) is 15.7. The molecule has 0 atom stereocenters. The van der Waals surface area contributed by atoms with Crippen LogP contribution in [0.5, 0.6) is 5.75 Å². The van der Waals surface area contributed by atoms with Crippen molar-refractivity contribution in [1.29, 1.82) is 0 Å². The highest BCUT2D eigenvalue weighted by Gasteiger charge is 2.35. The number of rotatable bonds is 3. The summed E-state index contributed by atoms with van der Waals surface area (Å²) in [5.41, 5.74) is -1.58. The maximum Gasteiger partial charge on any atom is 0.288 e. The molecule has 1 fully saturated rings. The topological polar surface area (TPSA) is 104 Å². The first-order valence-electron chi connectivity index (χ1n) is 9.20. The summed E-state index contributed by atoms with van der Waals surface area (Å²) in [6, 6.07) is 2.91. The number of fused-ring (bicyclic) bond motifs is 2. The number of carbonyl (C=O) groups excluding carboxylic acids is 2. The van der Waals surface area contributed by atoms with Gasteiger partial charge in [-0.05, 0) is 6.07 Å². The van der Waals surface area contributed by atoms with Crippen LogP contribution in [-0.4, -0.2) is 57.8 Å². The van der Waals surface area contributed by atoms with Gasteiger partial charge < -0.3 is 19.7 Å². The Bertz CT molecular complexity index is 1090. The zero-order chi connectivity index (χ0) is 21.4. The first-order valence-corrected chi connectivity index (χ1v) is 9.20. The van der Waals surface area contributed by atoms with Crippen molar-refractivity contribution in [2.45, 2.75) is 13.2 Å². The molecule has 2 aromatic rings. The van der Waals surface area contributed by atoms with Gasteiger partial charge in [-0.15, -0.1) is 0 Å². The highest BCUT2D eigenvalue weighted by Crippen LogP contribution is 2.23. The summed E-state index contributed by atoms with van der Waals surface area (Å²) >= 11 is 0. The van der Waals surface area contributed by atoms with E-state index in [9.17, 15) is 28.3 Å². The standard InChI is InChI=1S/C19H18F2N4O5/c20-12-2-1-11(14(21)7-12)8-22-18(28)13-9-23-10-24-3-5-30-6-4-25(24)19(29)15(23)17(27)16(13)26/h1-2,7,9,27H,3-6,8,10H2,(H,22,28). The number of aromatic nitrogens is 1. The molecule has 30 heavy (non-hydrogen) atoms. The van der Waals surface area contributed by atoms with Crippen LogP contribution in [0.25, 0.3) is 0 Å². The highest BCUT2D eigenvalue weighted by molar-refractivity contribution is 5.98. The quantitative estimate of drug-likeness (QED) is 0.746. The lowest BCUT2D eigenvalue weighted by atomic mass is 10.1. The Hall–Kier alpha value is -3.31. The van der Waals surface area contributed by atoms with Crippen molar-refractivity contribution in [3.63, 3.8) is 0 Å². The fourth-order valence-corrected chi connectivity index (χ4v) is 3.44. The van der Waals surface area contributed by atoms with Crippen molar-refractivity contribution in [1.82, 2.24) is 19.9 Å². The maximum atomic E-state index is 13.8. The Balaban J connectivity index is 1.62. The minimum atomic E-state index is -1.01. The van der Waals surface area contributed by atoms with Gasteiger partial charge in [0.25, 0.3) is 11.8 Å². The number of nitrogens with zero attached hydrogens (tertiary/aromatic N) is 3. The number of carbonyl (C=O) groups is 2. The molecule has 0 saturated carbocycles. The van der Waals surface area contributed by atoms with Gasteiger partial charge in [0.1, 0.15) is 17.2 Å². The van der Waals surface area contributed by atoms with E-state index in [4.69, 9.17) is 4.74 Å². The summed E-state index contributed by atoms with van der Waals surface area (Å²) in [7, 11) is 0. The molecule has 2 aliphatic heterocycles. The van der Waals surface area contributed by atoms with Crippen molar-refractivity contribution in [3.05, 3.63) is 63.1 Å². The summed E-state index contributed by atoms with van der Waals surface area (Å²) in [5.74, 6) is -3.84. The lowest BCUT2D eigenvalue weighted by molar-refractivity contribution is -0.0351. The predicted octanol–water partition coefficient (Wildman–Crippen LogP) is 0.423. The van der Waals surface area contributed by atoms with Crippen molar-refractivity contribution in [2.75, 3.05) is 26.3 Å². The molecule has 2 aliphatic rings. The second-order valence-electron chi connectivity index (χ2n) is 6.87. The summed E-state index contributed by atoms with van der Waals surface area (Å²) < 4.78 is 33.4. The molecule has 0 unspecified atom stereocenters. The molecule has 158 valence electrons. The van der Waals surface area contributed by atoms with E-state index in [-0.39, 0.29) is 31.0 Å². The number of benzene rings is 1. The van der Waals surface area contributed by atoms with Crippen LogP contribution in [0.1, 0.15) is 26.4 Å². The minimum Gasteiger partial charge on any atom is -0.503 e. The van der Waals surface area contributed by atoms with Gasteiger partial charge in [-0.2, -0.15) is 5.01 Å². The number of hydrogen-bond acceptors (Lipinski definition) is 6. The molecule has 1 aromatic heterocycles.